The Bertz CT molecular complexity index is 1480. The maximum atomic E-state index is 6.36. The third-order valence-electron chi connectivity index (χ3n) is 7.15. The highest BCUT2D eigenvalue weighted by Gasteiger charge is 2.52. The quantitative estimate of drug-likeness (QED) is 0.298. The lowest BCUT2D eigenvalue weighted by Gasteiger charge is -2.32. The van der Waals surface area contributed by atoms with E-state index in [-0.39, 0.29) is 18.3 Å². The van der Waals surface area contributed by atoms with Gasteiger partial charge in [-0.2, -0.15) is 0 Å². The Labute approximate surface area is 188 Å². The first-order valence-electron chi connectivity index (χ1n) is 11.1. The van der Waals surface area contributed by atoms with Crippen molar-refractivity contribution in [3.63, 3.8) is 0 Å². The van der Waals surface area contributed by atoms with Gasteiger partial charge in [-0.25, -0.2) is 0 Å². The Morgan fingerprint density at radius 1 is 0.594 bits per heavy atom. The summed E-state index contributed by atoms with van der Waals surface area (Å²) in [7, 11) is -0.390. The van der Waals surface area contributed by atoms with Crippen molar-refractivity contribution in [2.45, 2.75) is 38.9 Å². The first kappa shape index (κ1) is 19.6. The van der Waals surface area contributed by atoms with Gasteiger partial charge in [-0.1, -0.05) is 60.7 Å². The maximum absolute atomic E-state index is 6.36. The second kappa shape index (κ2) is 6.71. The molecule has 0 bridgehead atoms. The third kappa shape index (κ3) is 2.83. The van der Waals surface area contributed by atoms with Crippen LogP contribution < -0.4 is 5.46 Å². The highest BCUT2D eigenvalue weighted by atomic mass is 16.7. The van der Waals surface area contributed by atoms with Crippen LogP contribution >= 0.6 is 0 Å². The van der Waals surface area contributed by atoms with E-state index >= 15 is 0 Å². The van der Waals surface area contributed by atoms with E-state index in [2.05, 4.69) is 94.4 Å². The SMILES string of the molecule is CC1(C)OB(c2cccc3c(-c4ccc5oc6ccccc6c5c4)cccc23)OC1(C)C. The standard InChI is InChI=1S/C28H25BO3/c1-27(2)28(3,4)32-29(31-27)24-13-8-11-20-19(10-7-12-21(20)24)18-15-16-26-23(17-18)22-9-5-6-14-25(22)30-26/h5-17H,1-4H3. The van der Waals surface area contributed by atoms with Gasteiger partial charge in [-0.05, 0) is 73.3 Å². The molecule has 0 atom stereocenters. The number of rotatable bonds is 2. The van der Waals surface area contributed by atoms with Crippen molar-refractivity contribution in [3.05, 3.63) is 78.9 Å². The Hall–Kier alpha value is -3.08. The number of hydrogen-bond acceptors (Lipinski definition) is 3. The molecule has 0 aliphatic carbocycles. The van der Waals surface area contributed by atoms with Crippen LogP contribution in [0.3, 0.4) is 0 Å². The summed E-state index contributed by atoms with van der Waals surface area (Å²) in [5.41, 5.74) is 4.51. The zero-order chi connectivity index (χ0) is 22.1. The number of para-hydroxylation sites is 1. The zero-order valence-electron chi connectivity index (χ0n) is 18.8. The van der Waals surface area contributed by atoms with Crippen molar-refractivity contribution in [3.8, 4) is 11.1 Å². The predicted octanol–water partition coefficient (Wildman–Crippen LogP) is 6.71. The Morgan fingerprint density at radius 2 is 1.25 bits per heavy atom. The number of hydrogen-bond donors (Lipinski definition) is 0. The first-order chi connectivity index (χ1) is 15.3. The summed E-state index contributed by atoms with van der Waals surface area (Å²) in [6.45, 7) is 8.37. The smallest absolute Gasteiger partial charge is 0.456 e. The molecule has 1 saturated heterocycles. The molecule has 1 aliphatic rings. The maximum Gasteiger partial charge on any atom is 0.495 e. The van der Waals surface area contributed by atoms with E-state index in [4.69, 9.17) is 13.7 Å². The molecular weight excluding hydrogens is 395 g/mol. The van der Waals surface area contributed by atoms with E-state index in [1.807, 2.05) is 12.1 Å². The number of fused-ring (bicyclic) bond motifs is 4. The molecule has 4 heteroatoms. The lowest BCUT2D eigenvalue weighted by atomic mass is 9.75. The fourth-order valence-corrected chi connectivity index (χ4v) is 4.66. The summed E-state index contributed by atoms with van der Waals surface area (Å²) >= 11 is 0. The highest BCUT2D eigenvalue weighted by molar-refractivity contribution is 6.65. The van der Waals surface area contributed by atoms with Gasteiger partial charge >= 0.3 is 7.12 Å². The Morgan fingerprint density at radius 3 is 2.06 bits per heavy atom. The van der Waals surface area contributed by atoms with E-state index in [9.17, 15) is 0 Å². The van der Waals surface area contributed by atoms with Crippen molar-refractivity contribution in [1.82, 2.24) is 0 Å². The lowest BCUT2D eigenvalue weighted by molar-refractivity contribution is 0.00578. The van der Waals surface area contributed by atoms with Crippen molar-refractivity contribution in [2.75, 3.05) is 0 Å². The average molecular weight is 420 g/mol. The van der Waals surface area contributed by atoms with Crippen LogP contribution in [-0.2, 0) is 9.31 Å². The van der Waals surface area contributed by atoms with Gasteiger partial charge in [-0.15, -0.1) is 0 Å². The molecule has 3 nitrogen and oxygen atoms in total. The minimum absolute atomic E-state index is 0.370. The monoisotopic (exact) mass is 420 g/mol. The largest absolute Gasteiger partial charge is 0.495 e. The molecule has 0 unspecified atom stereocenters. The van der Waals surface area contributed by atoms with Crippen molar-refractivity contribution >= 4 is 45.3 Å². The van der Waals surface area contributed by atoms with Gasteiger partial charge in [0.25, 0.3) is 0 Å². The minimum atomic E-state index is -0.390. The fourth-order valence-electron chi connectivity index (χ4n) is 4.66. The van der Waals surface area contributed by atoms with Crippen LogP contribution in [0.1, 0.15) is 27.7 Å². The summed E-state index contributed by atoms with van der Waals surface area (Å²) in [6, 6.07) is 27.5. The van der Waals surface area contributed by atoms with E-state index in [0.717, 1.165) is 32.8 Å². The molecule has 0 amide bonds. The van der Waals surface area contributed by atoms with Crippen molar-refractivity contribution in [1.29, 1.82) is 0 Å². The molecule has 1 aromatic heterocycles. The topological polar surface area (TPSA) is 31.6 Å². The molecule has 0 N–H and O–H groups in total. The third-order valence-corrected chi connectivity index (χ3v) is 7.15. The van der Waals surface area contributed by atoms with Gasteiger partial charge in [-0.3, -0.25) is 0 Å². The number of benzene rings is 4. The van der Waals surface area contributed by atoms with E-state index in [0.29, 0.717) is 0 Å². The summed E-state index contributed by atoms with van der Waals surface area (Å²) in [5, 5.41) is 4.62. The Balaban J connectivity index is 1.51. The zero-order valence-corrected chi connectivity index (χ0v) is 18.8. The molecular formula is C28H25BO3. The van der Waals surface area contributed by atoms with Crippen LogP contribution in [0.25, 0.3) is 43.8 Å². The van der Waals surface area contributed by atoms with Crippen LogP contribution in [0.5, 0.6) is 0 Å². The molecule has 0 saturated carbocycles. The summed E-state index contributed by atoms with van der Waals surface area (Å²) < 4.78 is 18.8. The van der Waals surface area contributed by atoms with Gasteiger partial charge in [0.2, 0.25) is 0 Å². The lowest BCUT2D eigenvalue weighted by Crippen LogP contribution is -2.41. The second-order valence-electron chi connectivity index (χ2n) is 9.65. The molecule has 1 aliphatic heterocycles. The second-order valence-corrected chi connectivity index (χ2v) is 9.65. The molecule has 1 fully saturated rings. The van der Waals surface area contributed by atoms with Crippen LogP contribution in [0.15, 0.2) is 83.3 Å². The summed E-state index contributed by atoms with van der Waals surface area (Å²) in [5.74, 6) is 0. The minimum Gasteiger partial charge on any atom is -0.456 e. The summed E-state index contributed by atoms with van der Waals surface area (Å²) in [4.78, 5) is 0. The van der Waals surface area contributed by atoms with Crippen LogP contribution in [-0.4, -0.2) is 18.3 Å². The van der Waals surface area contributed by atoms with Crippen molar-refractivity contribution < 1.29 is 13.7 Å². The van der Waals surface area contributed by atoms with Crippen LogP contribution in [0.4, 0.5) is 0 Å². The molecule has 0 spiro atoms. The van der Waals surface area contributed by atoms with Crippen LogP contribution in [0, 0.1) is 0 Å². The summed E-state index contributed by atoms with van der Waals surface area (Å²) in [6.07, 6.45) is 0. The van der Waals surface area contributed by atoms with Crippen LogP contribution in [0.2, 0.25) is 0 Å². The Kier molecular flexibility index (Phi) is 4.11. The molecule has 6 rings (SSSR count). The molecule has 32 heavy (non-hydrogen) atoms. The van der Waals surface area contributed by atoms with E-state index in [1.165, 1.54) is 16.5 Å². The van der Waals surface area contributed by atoms with Gasteiger partial charge in [0, 0.05) is 10.8 Å². The first-order valence-corrected chi connectivity index (χ1v) is 11.1. The van der Waals surface area contributed by atoms with Gasteiger partial charge < -0.3 is 13.7 Å². The van der Waals surface area contributed by atoms with E-state index in [1.54, 1.807) is 0 Å². The van der Waals surface area contributed by atoms with Crippen molar-refractivity contribution in [2.24, 2.45) is 0 Å². The van der Waals surface area contributed by atoms with E-state index < -0.39 is 0 Å². The molecule has 158 valence electrons. The van der Waals surface area contributed by atoms with Gasteiger partial charge in [0.05, 0.1) is 11.2 Å². The molecule has 2 heterocycles. The average Bonchev–Trinajstić information content (AvgIpc) is 3.25. The molecule has 5 aromatic rings. The van der Waals surface area contributed by atoms with Gasteiger partial charge in [0.1, 0.15) is 11.2 Å². The predicted molar refractivity (Wildman–Crippen MR) is 132 cm³/mol. The number of furan rings is 1. The normalized spacial score (nSPS) is 17.6. The molecule has 0 radical (unpaired) electrons. The molecule has 4 aromatic carbocycles. The highest BCUT2D eigenvalue weighted by Crippen LogP contribution is 2.38. The fraction of sp³-hybridized carbons (Fsp3) is 0.214. The van der Waals surface area contributed by atoms with Gasteiger partial charge in [0.15, 0.2) is 0 Å².